The van der Waals surface area contributed by atoms with E-state index in [1.54, 1.807) is 0 Å². The number of oxime groups is 1. The lowest BCUT2D eigenvalue weighted by atomic mass is 10.0. The Bertz CT molecular complexity index is 645. The van der Waals surface area contributed by atoms with Crippen LogP contribution < -0.4 is 4.74 Å². The summed E-state index contributed by atoms with van der Waals surface area (Å²) >= 11 is 0. The van der Waals surface area contributed by atoms with Crippen molar-refractivity contribution in [2.24, 2.45) is 5.16 Å². The molecule has 134 valence electrons. The summed E-state index contributed by atoms with van der Waals surface area (Å²) in [6.07, 6.45) is 7.56. The fraction of sp³-hybridized carbons (Fsp3) is 0.409. The van der Waals surface area contributed by atoms with Crippen LogP contribution in [0.25, 0.3) is 0 Å². The van der Waals surface area contributed by atoms with E-state index in [1.807, 2.05) is 55.5 Å². The fourth-order valence-corrected chi connectivity index (χ4v) is 2.78. The second-order valence-corrected chi connectivity index (χ2v) is 6.46. The van der Waals surface area contributed by atoms with Gasteiger partial charge in [0, 0.05) is 11.1 Å². The summed E-state index contributed by atoms with van der Waals surface area (Å²) in [5.41, 5.74) is 3.52. The van der Waals surface area contributed by atoms with Gasteiger partial charge in [0.2, 0.25) is 0 Å². The Morgan fingerprint density at radius 2 is 1.40 bits per heavy atom. The molecular formula is C22H29NO2. The van der Waals surface area contributed by atoms with Crippen LogP contribution in [0.1, 0.15) is 62.1 Å². The first kappa shape index (κ1) is 19.0. The Hall–Kier alpha value is -2.29. The number of hydrogen-bond acceptors (Lipinski definition) is 3. The van der Waals surface area contributed by atoms with Crippen molar-refractivity contribution in [1.82, 2.24) is 0 Å². The van der Waals surface area contributed by atoms with Crippen molar-refractivity contribution in [3.63, 3.8) is 0 Å². The third-order valence-electron chi connectivity index (χ3n) is 4.32. The number of aryl methyl sites for hydroxylation is 1. The average molecular weight is 339 g/mol. The molecule has 1 N–H and O–H groups in total. The third-order valence-corrected chi connectivity index (χ3v) is 4.32. The van der Waals surface area contributed by atoms with Crippen LogP contribution in [-0.4, -0.2) is 17.5 Å². The minimum absolute atomic E-state index is 0.572. The summed E-state index contributed by atoms with van der Waals surface area (Å²) < 4.78 is 5.80. The molecule has 0 amide bonds. The van der Waals surface area contributed by atoms with Gasteiger partial charge < -0.3 is 9.94 Å². The number of nitrogens with zero attached hydrogens (tertiary/aromatic N) is 1. The van der Waals surface area contributed by atoms with E-state index >= 15 is 0 Å². The predicted octanol–water partition coefficient (Wildman–Crippen LogP) is 5.96. The number of hydrogen-bond donors (Lipinski definition) is 1. The van der Waals surface area contributed by atoms with Crippen LogP contribution in [0.5, 0.6) is 5.75 Å². The van der Waals surface area contributed by atoms with E-state index in [2.05, 4.69) is 12.1 Å². The topological polar surface area (TPSA) is 41.8 Å². The molecule has 0 radical (unpaired) electrons. The molecule has 0 bridgehead atoms. The molecule has 0 aliphatic heterocycles. The van der Waals surface area contributed by atoms with Crippen molar-refractivity contribution in [1.29, 1.82) is 0 Å². The molecule has 0 aliphatic carbocycles. The number of rotatable bonds is 10. The van der Waals surface area contributed by atoms with Crippen molar-refractivity contribution in [3.8, 4) is 5.75 Å². The van der Waals surface area contributed by atoms with Crippen molar-refractivity contribution in [2.45, 2.75) is 52.4 Å². The van der Waals surface area contributed by atoms with Gasteiger partial charge in [0.1, 0.15) is 11.5 Å². The minimum Gasteiger partial charge on any atom is -0.494 e. The van der Waals surface area contributed by atoms with Gasteiger partial charge in [-0.3, -0.25) is 0 Å². The van der Waals surface area contributed by atoms with Gasteiger partial charge in [-0.15, -0.1) is 0 Å². The maximum Gasteiger partial charge on any atom is 0.119 e. The highest BCUT2D eigenvalue weighted by molar-refractivity contribution is 6.12. The predicted molar refractivity (Wildman–Crippen MR) is 104 cm³/mol. The molecule has 2 aromatic carbocycles. The first-order valence-electron chi connectivity index (χ1n) is 9.27. The van der Waals surface area contributed by atoms with Gasteiger partial charge in [0.05, 0.1) is 6.61 Å². The van der Waals surface area contributed by atoms with E-state index in [0.29, 0.717) is 5.71 Å². The average Bonchev–Trinajstić information content (AvgIpc) is 2.64. The second-order valence-electron chi connectivity index (χ2n) is 6.46. The van der Waals surface area contributed by atoms with Gasteiger partial charge in [-0.1, -0.05) is 74.0 Å². The van der Waals surface area contributed by atoms with E-state index < -0.39 is 0 Å². The molecule has 3 heteroatoms. The Morgan fingerprint density at radius 3 is 2.00 bits per heavy atom. The monoisotopic (exact) mass is 339 g/mol. The van der Waals surface area contributed by atoms with Crippen LogP contribution in [0.15, 0.2) is 53.7 Å². The zero-order valence-electron chi connectivity index (χ0n) is 15.4. The molecule has 2 rings (SSSR count). The van der Waals surface area contributed by atoms with E-state index in [9.17, 15) is 5.21 Å². The van der Waals surface area contributed by atoms with E-state index in [1.165, 1.54) is 37.7 Å². The zero-order chi connectivity index (χ0) is 17.9. The summed E-state index contributed by atoms with van der Waals surface area (Å²) in [5.74, 6) is 0.860. The van der Waals surface area contributed by atoms with Crippen molar-refractivity contribution >= 4 is 5.71 Å². The van der Waals surface area contributed by atoms with Gasteiger partial charge in [0.15, 0.2) is 0 Å². The molecule has 0 saturated carbocycles. The lowest BCUT2D eigenvalue weighted by molar-refractivity contribution is 0.304. The third kappa shape index (κ3) is 6.26. The highest BCUT2D eigenvalue weighted by Gasteiger charge is 2.08. The molecular weight excluding hydrogens is 310 g/mol. The zero-order valence-corrected chi connectivity index (χ0v) is 15.4. The van der Waals surface area contributed by atoms with Crippen molar-refractivity contribution in [3.05, 3.63) is 65.2 Å². The summed E-state index contributed by atoms with van der Waals surface area (Å²) in [4.78, 5) is 0. The molecule has 0 aliphatic rings. The maximum atomic E-state index is 9.39. The molecule has 2 aromatic rings. The lowest BCUT2D eigenvalue weighted by Gasteiger charge is -2.09. The molecule has 0 fully saturated rings. The Labute approximate surface area is 151 Å². The molecule has 0 saturated heterocycles. The van der Waals surface area contributed by atoms with Gasteiger partial charge in [-0.25, -0.2) is 0 Å². The first-order valence-corrected chi connectivity index (χ1v) is 9.27. The molecule has 0 aromatic heterocycles. The number of ether oxygens (including phenoxy) is 1. The summed E-state index contributed by atoms with van der Waals surface area (Å²) in [6, 6.07) is 15.7. The Balaban J connectivity index is 1.85. The van der Waals surface area contributed by atoms with Crippen LogP contribution >= 0.6 is 0 Å². The van der Waals surface area contributed by atoms with Crippen LogP contribution in [0.2, 0.25) is 0 Å². The quantitative estimate of drug-likeness (QED) is 0.251. The lowest BCUT2D eigenvalue weighted by Crippen LogP contribution is -2.04. The standard InChI is InChI=1S/C22H29NO2/c1-3-4-5-6-7-8-17-25-21-15-13-20(14-16-21)22(23-24)19-11-9-18(2)10-12-19/h9-16,24H,3-8,17H2,1-2H3/b23-22-. The van der Waals surface area contributed by atoms with Crippen molar-refractivity contribution < 1.29 is 9.94 Å². The van der Waals surface area contributed by atoms with E-state index in [-0.39, 0.29) is 0 Å². The van der Waals surface area contributed by atoms with Crippen LogP contribution in [-0.2, 0) is 0 Å². The molecule has 0 spiro atoms. The SMILES string of the molecule is CCCCCCCCOc1ccc(/C(=N\O)c2ccc(C)cc2)cc1. The number of benzene rings is 2. The summed E-state index contributed by atoms with van der Waals surface area (Å²) in [6.45, 7) is 5.03. The van der Waals surface area contributed by atoms with E-state index in [0.717, 1.165) is 29.9 Å². The molecule has 0 atom stereocenters. The van der Waals surface area contributed by atoms with Crippen LogP contribution in [0, 0.1) is 6.92 Å². The normalized spacial score (nSPS) is 11.5. The molecule has 0 unspecified atom stereocenters. The van der Waals surface area contributed by atoms with Gasteiger partial charge in [0.25, 0.3) is 0 Å². The van der Waals surface area contributed by atoms with E-state index in [4.69, 9.17) is 4.74 Å². The van der Waals surface area contributed by atoms with Crippen LogP contribution in [0.4, 0.5) is 0 Å². The highest BCUT2D eigenvalue weighted by atomic mass is 16.5. The Morgan fingerprint density at radius 1 is 0.840 bits per heavy atom. The van der Waals surface area contributed by atoms with Crippen molar-refractivity contribution in [2.75, 3.05) is 6.61 Å². The molecule has 3 nitrogen and oxygen atoms in total. The van der Waals surface area contributed by atoms with Crippen LogP contribution in [0.3, 0.4) is 0 Å². The fourth-order valence-electron chi connectivity index (χ4n) is 2.78. The summed E-state index contributed by atoms with van der Waals surface area (Å²) in [7, 11) is 0. The molecule has 0 heterocycles. The second kappa shape index (κ2) is 10.5. The number of unbranched alkanes of at least 4 members (excludes halogenated alkanes) is 5. The van der Waals surface area contributed by atoms with Gasteiger partial charge >= 0.3 is 0 Å². The van der Waals surface area contributed by atoms with Gasteiger partial charge in [-0.2, -0.15) is 0 Å². The first-order chi connectivity index (χ1) is 12.2. The smallest absolute Gasteiger partial charge is 0.119 e. The summed E-state index contributed by atoms with van der Waals surface area (Å²) in [5, 5.41) is 12.9. The highest BCUT2D eigenvalue weighted by Crippen LogP contribution is 2.17. The largest absolute Gasteiger partial charge is 0.494 e. The van der Waals surface area contributed by atoms with Gasteiger partial charge in [-0.05, 0) is 37.6 Å². The maximum absolute atomic E-state index is 9.39. The minimum atomic E-state index is 0.572. The molecule has 25 heavy (non-hydrogen) atoms. The Kier molecular flexibility index (Phi) is 8.03.